The quantitative estimate of drug-likeness (QED) is 0.824. The summed E-state index contributed by atoms with van der Waals surface area (Å²) in [6, 6.07) is 4.37. The van der Waals surface area contributed by atoms with Gasteiger partial charge >= 0.3 is 0 Å². The van der Waals surface area contributed by atoms with Gasteiger partial charge in [0.2, 0.25) is 10.0 Å². The van der Waals surface area contributed by atoms with Gasteiger partial charge in [-0.05, 0) is 18.2 Å². The van der Waals surface area contributed by atoms with Gasteiger partial charge in [-0.2, -0.15) is 4.31 Å². The van der Waals surface area contributed by atoms with E-state index in [1.807, 2.05) is 4.57 Å². The maximum atomic E-state index is 12.6. The number of nitrogens with two attached hydrogens (primary N) is 1. The lowest BCUT2D eigenvalue weighted by Crippen LogP contribution is -2.38. The van der Waals surface area contributed by atoms with E-state index in [0.29, 0.717) is 23.9 Å². The van der Waals surface area contributed by atoms with Gasteiger partial charge in [-0.3, -0.25) is 0 Å². The number of nitrogens with zero attached hydrogens (tertiary/aromatic N) is 4. The number of fused-ring (bicyclic) bond motifs is 1. The molecule has 1 aliphatic rings. The van der Waals surface area contributed by atoms with Crippen LogP contribution in [0, 0.1) is 0 Å². The monoisotopic (exact) mass is 313 g/mol. The van der Waals surface area contributed by atoms with Crippen LogP contribution in [0.3, 0.4) is 0 Å². The summed E-state index contributed by atoms with van der Waals surface area (Å²) in [5, 5.41) is 8.08. The van der Waals surface area contributed by atoms with Crippen molar-refractivity contribution in [3.8, 4) is 0 Å². The van der Waals surface area contributed by atoms with Crippen LogP contribution in [0.4, 0.5) is 5.69 Å². The molecule has 106 valence electrons. The summed E-state index contributed by atoms with van der Waals surface area (Å²) in [7, 11) is -3.66. The minimum atomic E-state index is -3.66. The Morgan fingerprint density at radius 2 is 2.10 bits per heavy atom. The average molecular weight is 314 g/mol. The summed E-state index contributed by atoms with van der Waals surface area (Å²) < 4.78 is 28.4. The van der Waals surface area contributed by atoms with Gasteiger partial charge in [-0.25, -0.2) is 8.42 Å². The number of hydrogen-bond acceptors (Lipinski definition) is 5. The lowest BCUT2D eigenvalue weighted by atomic mass is 10.3. The van der Waals surface area contributed by atoms with Crippen molar-refractivity contribution >= 4 is 27.3 Å². The summed E-state index contributed by atoms with van der Waals surface area (Å²) in [6.45, 7) is 1.06. The van der Waals surface area contributed by atoms with Crippen LogP contribution in [-0.2, 0) is 23.1 Å². The van der Waals surface area contributed by atoms with Crippen molar-refractivity contribution < 1.29 is 8.42 Å². The van der Waals surface area contributed by atoms with E-state index in [4.69, 9.17) is 17.3 Å². The number of rotatable bonds is 2. The molecule has 0 amide bonds. The molecular weight excluding hydrogens is 302 g/mol. The van der Waals surface area contributed by atoms with Crippen LogP contribution in [0.15, 0.2) is 29.4 Å². The van der Waals surface area contributed by atoms with Crippen molar-refractivity contribution in [2.75, 3.05) is 12.3 Å². The first kappa shape index (κ1) is 13.3. The third kappa shape index (κ3) is 2.15. The predicted molar refractivity (Wildman–Crippen MR) is 73.5 cm³/mol. The highest BCUT2D eigenvalue weighted by atomic mass is 35.5. The molecule has 2 aromatic rings. The molecule has 2 N–H and O–H groups in total. The smallest absolute Gasteiger partial charge is 0.245 e. The molecule has 9 heteroatoms. The van der Waals surface area contributed by atoms with Crippen molar-refractivity contribution in [3.63, 3.8) is 0 Å². The zero-order valence-corrected chi connectivity index (χ0v) is 12.0. The molecule has 1 aliphatic heterocycles. The van der Waals surface area contributed by atoms with E-state index in [2.05, 4.69) is 10.2 Å². The topological polar surface area (TPSA) is 94.1 Å². The Morgan fingerprint density at radius 1 is 1.30 bits per heavy atom. The van der Waals surface area contributed by atoms with Crippen LogP contribution in [0.5, 0.6) is 0 Å². The molecule has 7 nitrogen and oxygen atoms in total. The van der Waals surface area contributed by atoms with Crippen molar-refractivity contribution in [1.29, 1.82) is 0 Å². The summed E-state index contributed by atoms with van der Waals surface area (Å²) in [5.74, 6) is 0.618. The molecule has 0 radical (unpaired) electrons. The molecule has 0 fully saturated rings. The fraction of sp³-hybridized carbons (Fsp3) is 0.273. The van der Waals surface area contributed by atoms with Crippen LogP contribution in [0.25, 0.3) is 0 Å². The second kappa shape index (κ2) is 4.72. The molecule has 0 aliphatic carbocycles. The van der Waals surface area contributed by atoms with Gasteiger partial charge < -0.3 is 10.3 Å². The summed E-state index contributed by atoms with van der Waals surface area (Å²) >= 11 is 5.80. The number of hydrogen-bond donors (Lipinski definition) is 1. The standard InChI is InChI=1S/C11H12ClN5O2S/c12-8-1-2-10(9(13)5-8)20(18,19)17-4-3-16-7-14-15-11(16)6-17/h1-2,5,7H,3-4,6,13H2. The highest BCUT2D eigenvalue weighted by Gasteiger charge is 2.30. The first-order valence-corrected chi connectivity index (χ1v) is 7.72. The normalized spacial score (nSPS) is 16.1. The zero-order chi connectivity index (χ0) is 14.3. The summed E-state index contributed by atoms with van der Waals surface area (Å²) in [5.41, 5.74) is 5.91. The van der Waals surface area contributed by atoms with Gasteiger partial charge in [0, 0.05) is 18.1 Å². The Labute approximate surface area is 121 Å². The highest BCUT2D eigenvalue weighted by Crippen LogP contribution is 2.27. The van der Waals surface area contributed by atoms with Crippen LogP contribution in [-0.4, -0.2) is 34.0 Å². The second-order valence-electron chi connectivity index (χ2n) is 4.46. The largest absolute Gasteiger partial charge is 0.398 e. The van der Waals surface area contributed by atoms with E-state index in [1.54, 1.807) is 6.33 Å². The third-order valence-electron chi connectivity index (χ3n) is 3.19. The van der Waals surface area contributed by atoms with E-state index in [-0.39, 0.29) is 17.1 Å². The molecule has 0 bridgehead atoms. The Hall–Kier alpha value is -1.64. The molecule has 1 aromatic heterocycles. The fourth-order valence-corrected chi connectivity index (χ4v) is 3.81. The molecule has 20 heavy (non-hydrogen) atoms. The van der Waals surface area contributed by atoms with Crippen LogP contribution < -0.4 is 5.73 Å². The van der Waals surface area contributed by atoms with Gasteiger partial charge in [-0.1, -0.05) is 11.6 Å². The number of sulfonamides is 1. The molecule has 0 spiro atoms. The molecule has 1 aromatic carbocycles. The summed E-state index contributed by atoms with van der Waals surface area (Å²) in [4.78, 5) is 0.0647. The molecular formula is C11H12ClN5O2S. The molecule has 0 unspecified atom stereocenters. The number of benzene rings is 1. The molecule has 0 saturated carbocycles. The summed E-state index contributed by atoms with van der Waals surface area (Å²) in [6.07, 6.45) is 1.59. The SMILES string of the molecule is Nc1cc(Cl)ccc1S(=O)(=O)N1CCn2cnnc2C1. The molecule has 3 rings (SSSR count). The number of halogens is 1. The van der Waals surface area contributed by atoms with Crippen LogP contribution in [0.2, 0.25) is 5.02 Å². The number of aromatic nitrogens is 3. The second-order valence-corrected chi connectivity index (χ2v) is 6.80. The Kier molecular flexibility index (Phi) is 3.15. The van der Waals surface area contributed by atoms with Gasteiger partial charge in [0.15, 0.2) is 0 Å². The van der Waals surface area contributed by atoms with Crippen LogP contribution >= 0.6 is 11.6 Å². The fourth-order valence-electron chi connectivity index (χ4n) is 2.14. The Balaban J connectivity index is 1.97. The molecule has 2 heterocycles. The van der Waals surface area contributed by atoms with Crippen molar-refractivity contribution in [2.45, 2.75) is 18.0 Å². The van der Waals surface area contributed by atoms with Crippen molar-refractivity contribution in [2.24, 2.45) is 0 Å². The van der Waals surface area contributed by atoms with E-state index >= 15 is 0 Å². The van der Waals surface area contributed by atoms with Gasteiger partial charge in [0.25, 0.3) is 0 Å². The third-order valence-corrected chi connectivity index (χ3v) is 5.35. The lowest BCUT2D eigenvalue weighted by Gasteiger charge is -2.26. The van der Waals surface area contributed by atoms with E-state index in [1.165, 1.54) is 22.5 Å². The molecule has 0 atom stereocenters. The van der Waals surface area contributed by atoms with E-state index in [0.717, 1.165) is 0 Å². The Bertz CT molecular complexity index is 758. The lowest BCUT2D eigenvalue weighted by molar-refractivity contribution is 0.335. The molecule has 0 saturated heterocycles. The Morgan fingerprint density at radius 3 is 2.85 bits per heavy atom. The first-order valence-electron chi connectivity index (χ1n) is 5.90. The maximum absolute atomic E-state index is 12.6. The van der Waals surface area contributed by atoms with Crippen LogP contribution in [0.1, 0.15) is 5.82 Å². The van der Waals surface area contributed by atoms with Gasteiger partial charge in [0.05, 0.1) is 12.2 Å². The predicted octanol–water partition coefficient (Wildman–Crippen LogP) is 0.718. The van der Waals surface area contributed by atoms with Crippen molar-refractivity contribution in [1.82, 2.24) is 19.1 Å². The first-order chi connectivity index (χ1) is 9.48. The minimum Gasteiger partial charge on any atom is -0.398 e. The van der Waals surface area contributed by atoms with E-state index in [9.17, 15) is 8.42 Å². The maximum Gasteiger partial charge on any atom is 0.245 e. The minimum absolute atomic E-state index is 0.0647. The average Bonchev–Trinajstić information content (AvgIpc) is 2.85. The highest BCUT2D eigenvalue weighted by molar-refractivity contribution is 7.89. The number of nitrogen functional groups attached to an aromatic ring is 1. The van der Waals surface area contributed by atoms with Gasteiger partial charge in [0.1, 0.15) is 17.0 Å². The number of anilines is 1. The van der Waals surface area contributed by atoms with E-state index < -0.39 is 10.0 Å². The van der Waals surface area contributed by atoms with Crippen molar-refractivity contribution in [3.05, 3.63) is 35.4 Å². The zero-order valence-electron chi connectivity index (χ0n) is 10.4. The van der Waals surface area contributed by atoms with Gasteiger partial charge in [-0.15, -0.1) is 10.2 Å².